The van der Waals surface area contributed by atoms with Gasteiger partial charge in [0.25, 0.3) is 0 Å². The molecule has 100 valence electrons. The fraction of sp³-hybridized carbons (Fsp3) is 0.417. The van der Waals surface area contributed by atoms with Gasteiger partial charge in [0, 0.05) is 16.5 Å². The number of benzene rings is 1. The summed E-state index contributed by atoms with van der Waals surface area (Å²) in [6.07, 6.45) is 0.334. The number of hydrogen-bond acceptors (Lipinski definition) is 4. The molecule has 2 rings (SSSR count). The zero-order valence-electron chi connectivity index (χ0n) is 9.90. The average Bonchev–Trinajstić information content (AvgIpc) is 2.29. The molecule has 1 aromatic rings. The highest BCUT2D eigenvalue weighted by molar-refractivity contribution is 9.10. The van der Waals surface area contributed by atoms with Crippen LogP contribution in [0.4, 0.5) is 0 Å². The molecule has 0 saturated heterocycles. The molecule has 18 heavy (non-hydrogen) atoms. The van der Waals surface area contributed by atoms with E-state index in [0.717, 1.165) is 4.47 Å². The molecule has 1 heterocycles. The predicted octanol–water partition coefficient (Wildman–Crippen LogP) is 2.85. The number of halogens is 2. The molecule has 0 amide bonds. The Bertz CT molecular complexity index is 455. The minimum absolute atomic E-state index is 0. The third-order valence-electron chi connectivity index (χ3n) is 2.77. The van der Waals surface area contributed by atoms with Gasteiger partial charge >= 0.3 is 0 Å². The minimum atomic E-state index is -1.37. The van der Waals surface area contributed by atoms with Crippen LogP contribution in [-0.4, -0.2) is 24.2 Å². The highest BCUT2D eigenvalue weighted by atomic mass is 79.9. The molecule has 0 aliphatic carbocycles. The topological polar surface area (TPSA) is 62.5 Å². The lowest BCUT2D eigenvalue weighted by atomic mass is 9.88. The van der Waals surface area contributed by atoms with Gasteiger partial charge in [-0.1, -0.05) is 22.0 Å². The van der Waals surface area contributed by atoms with E-state index in [0.29, 0.717) is 30.9 Å². The Morgan fingerprint density at radius 1 is 1.61 bits per heavy atom. The van der Waals surface area contributed by atoms with E-state index >= 15 is 0 Å². The third-order valence-corrected chi connectivity index (χ3v) is 3.27. The molecule has 6 heteroatoms. The second-order valence-electron chi connectivity index (χ2n) is 3.86. The van der Waals surface area contributed by atoms with Crippen molar-refractivity contribution in [1.29, 1.82) is 5.41 Å². The SMILES string of the molecule is CCOC(=N)C1(O)CCOc2cc(Br)ccc21.Cl. The summed E-state index contributed by atoms with van der Waals surface area (Å²) in [7, 11) is 0. The number of nitrogens with one attached hydrogen (secondary N) is 1. The molecule has 4 nitrogen and oxygen atoms in total. The van der Waals surface area contributed by atoms with Crippen molar-refractivity contribution >= 4 is 34.2 Å². The second-order valence-corrected chi connectivity index (χ2v) is 4.78. The largest absolute Gasteiger partial charge is 0.493 e. The van der Waals surface area contributed by atoms with Gasteiger partial charge in [0.2, 0.25) is 5.90 Å². The van der Waals surface area contributed by atoms with Crippen molar-refractivity contribution < 1.29 is 14.6 Å². The average molecular weight is 337 g/mol. The van der Waals surface area contributed by atoms with Gasteiger partial charge < -0.3 is 14.6 Å². The van der Waals surface area contributed by atoms with Crippen LogP contribution in [-0.2, 0) is 10.3 Å². The highest BCUT2D eigenvalue weighted by Gasteiger charge is 2.41. The Morgan fingerprint density at radius 3 is 3.00 bits per heavy atom. The van der Waals surface area contributed by atoms with Crippen LogP contribution in [0.1, 0.15) is 18.9 Å². The lowest BCUT2D eigenvalue weighted by Gasteiger charge is -2.33. The van der Waals surface area contributed by atoms with Crippen LogP contribution in [0, 0.1) is 5.41 Å². The molecule has 0 fully saturated rings. The third kappa shape index (κ3) is 2.63. The molecule has 1 atom stereocenters. The van der Waals surface area contributed by atoms with E-state index in [-0.39, 0.29) is 18.3 Å². The fourth-order valence-corrected chi connectivity index (χ4v) is 2.24. The number of rotatable bonds is 2. The lowest BCUT2D eigenvalue weighted by Crippen LogP contribution is -2.41. The highest BCUT2D eigenvalue weighted by Crippen LogP contribution is 2.39. The van der Waals surface area contributed by atoms with Gasteiger partial charge in [0.15, 0.2) is 5.60 Å². The van der Waals surface area contributed by atoms with Crippen molar-refractivity contribution in [2.75, 3.05) is 13.2 Å². The molecule has 1 aliphatic rings. The number of fused-ring (bicyclic) bond motifs is 1. The van der Waals surface area contributed by atoms with Crippen molar-refractivity contribution in [1.82, 2.24) is 0 Å². The predicted molar refractivity (Wildman–Crippen MR) is 74.8 cm³/mol. The quantitative estimate of drug-likeness (QED) is 0.645. The molecule has 0 radical (unpaired) electrons. The first-order chi connectivity index (χ1) is 8.08. The lowest BCUT2D eigenvalue weighted by molar-refractivity contribution is 0.0353. The van der Waals surface area contributed by atoms with Crippen LogP contribution in [0.3, 0.4) is 0 Å². The zero-order valence-corrected chi connectivity index (χ0v) is 12.3. The maximum Gasteiger partial charge on any atom is 0.218 e. The Labute approximate surface area is 120 Å². The van der Waals surface area contributed by atoms with E-state index in [4.69, 9.17) is 14.9 Å². The normalized spacial score (nSPS) is 21.3. The first-order valence-electron chi connectivity index (χ1n) is 5.45. The summed E-state index contributed by atoms with van der Waals surface area (Å²) in [4.78, 5) is 0. The van der Waals surface area contributed by atoms with Gasteiger partial charge in [-0.05, 0) is 19.1 Å². The molecule has 0 bridgehead atoms. The first-order valence-corrected chi connectivity index (χ1v) is 6.24. The summed E-state index contributed by atoms with van der Waals surface area (Å²) in [6.45, 7) is 2.53. The maximum absolute atomic E-state index is 10.6. The summed E-state index contributed by atoms with van der Waals surface area (Å²) in [5.41, 5.74) is -0.782. The Kier molecular flexibility index (Phi) is 5.01. The van der Waals surface area contributed by atoms with Crippen molar-refractivity contribution in [3.63, 3.8) is 0 Å². The van der Waals surface area contributed by atoms with Crippen molar-refractivity contribution in [2.24, 2.45) is 0 Å². The number of hydrogen-bond donors (Lipinski definition) is 2. The second kappa shape index (κ2) is 5.91. The van der Waals surface area contributed by atoms with Crippen LogP contribution >= 0.6 is 28.3 Å². The van der Waals surface area contributed by atoms with E-state index in [1.54, 1.807) is 19.1 Å². The van der Waals surface area contributed by atoms with Crippen molar-refractivity contribution in [3.8, 4) is 5.75 Å². The molecule has 1 unspecified atom stereocenters. The summed E-state index contributed by atoms with van der Waals surface area (Å²) in [5.74, 6) is 0.476. The molecule has 0 aromatic heterocycles. The van der Waals surface area contributed by atoms with E-state index < -0.39 is 5.60 Å². The summed E-state index contributed by atoms with van der Waals surface area (Å²) >= 11 is 3.35. The monoisotopic (exact) mass is 335 g/mol. The van der Waals surface area contributed by atoms with Gasteiger partial charge in [-0.25, -0.2) is 0 Å². The number of ether oxygens (including phenoxy) is 2. The Balaban J connectivity index is 0.00000162. The van der Waals surface area contributed by atoms with E-state index in [2.05, 4.69) is 15.9 Å². The minimum Gasteiger partial charge on any atom is -0.493 e. The van der Waals surface area contributed by atoms with Crippen LogP contribution in [0.25, 0.3) is 0 Å². The molecule has 0 spiro atoms. The van der Waals surface area contributed by atoms with E-state index in [1.807, 2.05) is 6.07 Å². The van der Waals surface area contributed by atoms with Gasteiger partial charge in [0.05, 0.1) is 13.2 Å². The molecule has 0 saturated carbocycles. The summed E-state index contributed by atoms with van der Waals surface area (Å²) < 4.78 is 11.5. The summed E-state index contributed by atoms with van der Waals surface area (Å²) in [6, 6.07) is 5.36. The molecular formula is C12H15BrClNO3. The fourth-order valence-electron chi connectivity index (χ4n) is 1.90. The molecular weight excluding hydrogens is 321 g/mol. The van der Waals surface area contributed by atoms with Gasteiger partial charge in [0.1, 0.15) is 5.75 Å². The smallest absolute Gasteiger partial charge is 0.218 e. The van der Waals surface area contributed by atoms with Crippen LogP contribution in [0.15, 0.2) is 22.7 Å². The standard InChI is InChI=1S/C12H14BrNO3.ClH/c1-2-16-11(14)12(15)5-6-17-10-7-8(13)3-4-9(10)12;/h3-4,7,14-15H,2,5-6H2,1H3;1H. The van der Waals surface area contributed by atoms with Crippen LogP contribution in [0.2, 0.25) is 0 Å². The number of aliphatic hydroxyl groups is 1. The molecule has 2 N–H and O–H groups in total. The van der Waals surface area contributed by atoms with E-state index in [1.165, 1.54) is 0 Å². The van der Waals surface area contributed by atoms with Crippen molar-refractivity contribution in [2.45, 2.75) is 18.9 Å². The maximum atomic E-state index is 10.6. The van der Waals surface area contributed by atoms with Crippen LogP contribution < -0.4 is 4.74 Å². The van der Waals surface area contributed by atoms with Gasteiger partial charge in [-0.3, -0.25) is 5.41 Å². The Hall–Kier alpha value is -0.780. The van der Waals surface area contributed by atoms with Gasteiger partial charge in [-0.2, -0.15) is 0 Å². The Morgan fingerprint density at radius 2 is 2.33 bits per heavy atom. The summed E-state index contributed by atoms with van der Waals surface area (Å²) in [5, 5.41) is 18.4. The molecule has 1 aromatic carbocycles. The van der Waals surface area contributed by atoms with Crippen molar-refractivity contribution in [3.05, 3.63) is 28.2 Å². The van der Waals surface area contributed by atoms with E-state index in [9.17, 15) is 5.11 Å². The zero-order chi connectivity index (χ0) is 12.5. The first kappa shape index (κ1) is 15.3. The van der Waals surface area contributed by atoms with Gasteiger partial charge in [-0.15, -0.1) is 12.4 Å². The van der Waals surface area contributed by atoms with Crippen LogP contribution in [0.5, 0.6) is 5.75 Å². The molecule has 1 aliphatic heterocycles.